The summed E-state index contributed by atoms with van der Waals surface area (Å²) in [7, 11) is 2.29. The lowest BCUT2D eigenvalue weighted by molar-refractivity contribution is -0.679. The highest BCUT2D eigenvalue weighted by atomic mass is 15.1. The molecule has 0 aliphatic heterocycles. The molecule has 2 aromatic rings. The van der Waals surface area contributed by atoms with Crippen LogP contribution in [0, 0.1) is 22.7 Å². The van der Waals surface area contributed by atoms with E-state index in [0.29, 0.717) is 5.41 Å². The molecule has 1 spiro atoms. The fourth-order valence-corrected chi connectivity index (χ4v) is 8.00. The van der Waals surface area contributed by atoms with E-state index in [4.69, 9.17) is 0 Å². The first-order valence-electron chi connectivity index (χ1n) is 12.2. The minimum Gasteiger partial charge on any atom is -0.236 e. The van der Waals surface area contributed by atoms with Gasteiger partial charge in [-0.3, -0.25) is 0 Å². The Hall–Kier alpha value is -1.57. The van der Waals surface area contributed by atoms with E-state index in [1.165, 1.54) is 36.9 Å². The minimum atomic E-state index is 0.156. The molecule has 2 bridgehead atoms. The van der Waals surface area contributed by atoms with Gasteiger partial charge in [0.1, 0.15) is 11.4 Å². The summed E-state index contributed by atoms with van der Waals surface area (Å²) in [4.78, 5) is 0. The van der Waals surface area contributed by atoms with Crippen molar-refractivity contribution in [1.29, 1.82) is 0 Å². The van der Waals surface area contributed by atoms with E-state index in [0.717, 1.165) is 17.8 Å². The van der Waals surface area contributed by atoms with Crippen LogP contribution in [0.15, 0.2) is 24.5 Å². The molecule has 4 unspecified atom stereocenters. The second kappa shape index (κ2) is 5.25. The molecule has 2 fully saturated rings. The van der Waals surface area contributed by atoms with Gasteiger partial charge in [-0.25, -0.2) is 4.57 Å². The molecular weight excluding hydrogens is 364 g/mol. The second-order valence-electron chi connectivity index (χ2n) is 12.8. The zero-order valence-corrected chi connectivity index (χ0v) is 20.3. The molecule has 5 aliphatic carbocycles. The standard InChI is InChI=1S/C28H39N2/c1-17-18-9-12-23-24(22-15-28(17,22)14-18)29(8)16-30(23)19-10-11-20-21(13-19)26(4,5)27(6,7)25(20,2)3/h10-11,13,16-18,22H,9,12,14-15H2,1-8H3/q+1. The summed E-state index contributed by atoms with van der Waals surface area (Å²) in [5, 5.41) is 0. The van der Waals surface area contributed by atoms with Gasteiger partial charge in [0.05, 0.1) is 7.05 Å². The van der Waals surface area contributed by atoms with Crippen LogP contribution in [0.5, 0.6) is 0 Å². The Morgan fingerprint density at radius 1 is 0.967 bits per heavy atom. The van der Waals surface area contributed by atoms with Crippen LogP contribution in [0.2, 0.25) is 0 Å². The van der Waals surface area contributed by atoms with Crippen LogP contribution in [0.3, 0.4) is 0 Å². The highest BCUT2D eigenvalue weighted by molar-refractivity contribution is 5.54. The third-order valence-electron chi connectivity index (χ3n) is 11.5. The predicted octanol–water partition coefficient (Wildman–Crippen LogP) is 5.97. The lowest BCUT2D eigenvalue weighted by Crippen LogP contribution is -2.42. The summed E-state index contributed by atoms with van der Waals surface area (Å²) in [6.45, 7) is 17.2. The van der Waals surface area contributed by atoms with E-state index in [-0.39, 0.29) is 16.2 Å². The number of nitrogens with zero attached hydrogens (tertiary/aromatic N) is 2. The summed E-state index contributed by atoms with van der Waals surface area (Å²) in [5.41, 5.74) is 8.89. The van der Waals surface area contributed by atoms with Gasteiger partial charge in [0.2, 0.25) is 6.33 Å². The van der Waals surface area contributed by atoms with Crippen LogP contribution >= 0.6 is 0 Å². The Labute approximate surface area is 182 Å². The first kappa shape index (κ1) is 19.1. The largest absolute Gasteiger partial charge is 0.249 e. The van der Waals surface area contributed by atoms with Gasteiger partial charge in [0.15, 0.2) is 5.69 Å². The van der Waals surface area contributed by atoms with Gasteiger partial charge >= 0.3 is 0 Å². The molecule has 2 heteroatoms. The zero-order valence-electron chi connectivity index (χ0n) is 20.3. The molecule has 0 saturated heterocycles. The fraction of sp³-hybridized carbons (Fsp3) is 0.679. The fourth-order valence-electron chi connectivity index (χ4n) is 8.00. The van der Waals surface area contributed by atoms with E-state index in [1.54, 1.807) is 17.0 Å². The molecule has 1 aromatic heterocycles. The van der Waals surface area contributed by atoms with Crippen LogP contribution in [-0.4, -0.2) is 4.57 Å². The summed E-state index contributed by atoms with van der Waals surface area (Å²) in [5.74, 6) is 2.69. The van der Waals surface area contributed by atoms with Crippen molar-refractivity contribution < 1.29 is 4.57 Å². The molecule has 4 atom stereocenters. The molecule has 30 heavy (non-hydrogen) atoms. The highest BCUT2D eigenvalue weighted by Crippen LogP contribution is 2.76. The molecule has 5 aliphatic rings. The van der Waals surface area contributed by atoms with Crippen LogP contribution < -0.4 is 4.57 Å². The monoisotopic (exact) mass is 403 g/mol. The lowest BCUT2D eigenvalue weighted by atomic mass is 9.59. The van der Waals surface area contributed by atoms with Gasteiger partial charge in [-0.15, -0.1) is 0 Å². The molecule has 0 amide bonds. The summed E-state index contributed by atoms with van der Waals surface area (Å²) < 4.78 is 5.01. The first-order valence-corrected chi connectivity index (χ1v) is 12.2. The molecule has 7 rings (SSSR count). The Morgan fingerprint density at radius 3 is 2.37 bits per heavy atom. The maximum Gasteiger partial charge on any atom is 0.249 e. The van der Waals surface area contributed by atoms with Gasteiger partial charge in [0.25, 0.3) is 0 Å². The van der Waals surface area contributed by atoms with Crippen molar-refractivity contribution in [3.8, 4) is 5.69 Å². The van der Waals surface area contributed by atoms with Gasteiger partial charge < -0.3 is 0 Å². The normalized spacial score (nSPS) is 36.1. The van der Waals surface area contributed by atoms with Crippen molar-refractivity contribution >= 4 is 0 Å². The van der Waals surface area contributed by atoms with Crippen LogP contribution in [-0.2, 0) is 24.3 Å². The third kappa shape index (κ3) is 1.92. The first-order chi connectivity index (χ1) is 13.9. The lowest BCUT2D eigenvalue weighted by Gasteiger charge is -2.45. The van der Waals surface area contributed by atoms with E-state index in [2.05, 4.69) is 89.2 Å². The molecule has 1 heterocycles. The van der Waals surface area contributed by atoms with E-state index in [9.17, 15) is 0 Å². The Bertz CT molecular complexity index is 1080. The van der Waals surface area contributed by atoms with Crippen LogP contribution in [0.25, 0.3) is 5.69 Å². The molecule has 0 N–H and O–H groups in total. The molecule has 1 aromatic carbocycles. The Morgan fingerprint density at radius 2 is 1.67 bits per heavy atom. The maximum atomic E-state index is 2.55. The number of imidazole rings is 1. The van der Waals surface area contributed by atoms with Gasteiger partial charge in [0, 0.05) is 12.3 Å². The molecule has 2 saturated carbocycles. The average Bonchev–Trinajstić information content (AvgIpc) is 3.29. The molecule has 2 nitrogen and oxygen atoms in total. The number of aromatic nitrogens is 2. The van der Waals surface area contributed by atoms with Crippen LogP contribution in [0.1, 0.15) is 96.2 Å². The van der Waals surface area contributed by atoms with Crippen molar-refractivity contribution in [2.45, 2.75) is 90.9 Å². The second-order valence-corrected chi connectivity index (χ2v) is 12.8. The van der Waals surface area contributed by atoms with Gasteiger partial charge in [-0.2, -0.15) is 4.57 Å². The quantitative estimate of drug-likeness (QED) is 0.519. The number of hydrogen-bond donors (Lipinski definition) is 0. The van der Waals surface area contributed by atoms with Crippen LogP contribution in [0.4, 0.5) is 0 Å². The molecule has 0 radical (unpaired) electrons. The number of benzene rings is 1. The maximum absolute atomic E-state index is 2.55. The van der Waals surface area contributed by atoms with E-state index in [1.807, 2.05) is 0 Å². The molecule has 160 valence electrons. The van der Waals surface area contributed by atoms with Gasteiger partial charge in [-0.05, 0) is 76.0 Å². The van der Waals surface area contributed by atoms with Gasteiger partial charge in [-0.1, -0.05) is 54.5 Å². The third-order valence-corrected chi connectivity index (χ3v) is 11.5. The Kier molecular flexibility index (Phi) is 3.35. The summed E-state index contributed by atoms with van der Waals surface area (Å²) in [6, 6.07) is 7.36. The van der Waals surface area contributed by atoms with Crippen molar-refractivity contribution in [3.63, 3.8) is 0 Å². The van der Waals surface area contributed by atoms with Crippen molar-refractivity contribution in [2.75, 3.05) is 0 Å². The minimum absolute atomic E-state index is 0.156. The zero-order chi connectivity index (χ0) is 21.4. The highest BCUT2D eigenvalue weighted by Gasteiger charge is 2.69. The van der Waals surface area contributed by atoms with Crippen molar-refractivity contribution in [1.82, 2.24) is 4.57 Å². The number of fused-ring (bicyclic) bond motifs is 2. The topological polar surface area (TPSA) is 8.81 Å². The summed E-state index contributed by atoms with van der Waals surface area (Å²) in [6.07, 6.45) is 7.89. The predicted molar refractivity (Wildman–Crippen MR) is 122 cm³/mol. The Balaban J connectivity index is 1.49. The SMILES string of the molecule is CC1C2CCc3c([n+](C)cn3-c3ccc4c(c3)C(C)(C)C(C)(C)C4(C)C)C3CC31C2. The van der Waals surface area contributed by atoms with Crippen molar-refractivity contribution in [2.24, 2.45) is 29.7 Å². The number of rotatable bonds is 1. The van der Waals surface area contributed by atoms with E-state index < -0.39 is 0 Å². The number of hydrogen-bond acceptors (Lipinski definition) is 0. The van der Waals surface area contributed by atoms with E-state index >= 15 is 0 Å². The average molecular weight is 404 g/mol. The molecular formula is C28H39N2+. The number of aryl methyl sites for hydroxylation is 1. The smallest absolute Gasteiger partial charge is 0.236 e. The van der Waals surface area contributed by atoms with Crippen molar-refractivity contribution in [3.05, 3.63) is 47.0 Å². The summed E-state index contributed by atoms with van der Waals surface area (Å²) >= 11 is 0.